The molecule has 6 atom stereocenters. The molecule has 3 aliphatic carbocycles. The number of rotatable bonds is 20. The lowest BCUT2D eigenvalue weighted by molar-refractivity contribution is -0.258. The van der Waals surface area contributed by atoms with Gasteiger partial charge in [-0.1, -0.05) is 42.3 Å². The maximum absolute atomic E-state index is 14.8. The largest absolute Gasteiger partial charge is 0.496 e. The van der Waals surface area contributed by atoms with E-state index in [0.717, 1.165) is 61.5 Å². The molecule has 0 spiro atoms. The van der Waals surface area contributed by atoms with Crippen LogP contribution < -0.4 is 14.2 Å². The number of allylic oxidation sites excluding steroid dienone is 1. The van der Waals surface area contributed by atoms with Crippen LogP contribution in [0.4, 0.5) is 4.39 Å². The normalized spacial score (nSPS) is 24.5. The molecule has 0 radical (unpaired) electrons. The second kappa shape index (κ2) is 19.6. The van der Waals surface area contributed by atoms with Gasteiger partial charge in [-0.25, -0.2) is 4.39 Å². The molecule has 0 unspecified atom stereocenters. The zero-order valence-corrected chi connectivity index (χ0v) is 36.4. The molecule has 1 heterocycles. The number of hydrogen-bond acceptors (Lipinski definition) is 10. The molecule has 3 aromatic carbocycles. The van der Waals surface area contributed by atoms with Crippen LogP contribution in [-0.4, -0.2) is 77.4 Å². The van der Waals surface area contributed by atoms with Gasteiger partial charge in [0.1, 0.15) is 40.5 Å². The fourth-order valence-corrected chi connectivity index (χ4v) is 9.60. The van der Waals surface area contributed by atoms with E-state index in [-0.39, 0.29) is 68.2 Å². The van der Waals surface area contributed by atoms with Crippen molar-refractivity contribution in [1.29, 1.82) is 0 Å². The Morgan fingerprint density at radius 2 is 1.71 bits per heavy atom. The third-order valence-corrected chi connectivity index (χ3v) is 12.5. The molecule has 2 saturated carbocycles. The van der Waals surface area contributed by atoms with Gasteiger partial charge >= 0.3 is 0 Å². The summed E-state index contributed by atoms with van der Waals surface area (Å²) in [6.07, 6.45) is 11.0. The van der Waals surface area contributed by atoms with Crippen LogP contribution in [0.1, 0.15) is 106 Å². The molecule has 2 fully saturated rings. The Morgan fingerprint density at radius 1 is 1.00 bits per heavy atom. The number of nitrogens with zero attached hydrogens (tertiary/aromatic N) is 2. The van der Waals surface area contributed by atoms with Crippen molar-refractivity contribution < 1.29 is 48.0 Å². The van der Waals surface area contributed by atoms with Gasteiger partial charge in [0.05, 0.1) is 30.9 Å². The van der Waals surface area contributed by atoms with Crippen molar-refractivity contribution in [3.63, 3.8) is 0 Å². The van der Waals surface area contributed by atoms with Gasteiger partial charge in [-0.3, -0.25) is 9.59 Å². The van der Waals surface area contributed by atoms with Crippen molar-refractivity contribution in [2.75, 3.05) is 26.9 Å². The van der Waals surface area contributed by atoms with E-state index in [9.17, 15) is 24.2 Å². The van der Waals surface area contributed by atoms with Crippen molar-refractivity contribution in [2.24, 2.45) is 28.8 Å². The number of unbranched alkanes of at least 4 members (excludes halogenated alkanes) is 2. The summed E-state index contributed by atoms with van der Waals surface area (Å²) in [5, 5.41) is 24.8. The first-order valence-corrected chi connectivity index (χ1v) is 22.1. The molecule has 11 nitrogen and oxygen atoms in total. The number of methoxy groups -OCH3 is 1. The first-order valence-electron chi connectivity index (χ1n) is 22.1. The van der Waals surface area contributed by atoms with Gasteiger partial charge in [0.15, 0.2) is 6.29 Å². The second-order valence-electron chi connectivity index (χ2n) is 18.0. The lowest BCUT2D eigenvalue weighted by Crippen LogP contribution is -2.70. The van der Waals surface area contributed by atoms with Crippen LogP contribution in [0.15, 0.2) is 90.1 Å². The minimum atomic E-state index is -1.44. The number of aliphatic hydroxyl groups excluding tert-OH is 2. The van der Waals surface area contributed by atoms with Crippen LogP contribution >= 0.6 is 0 Å². The summed E-state index contributed by atoms with van der Waals surface area (Å²) < 4.78 is 40.6. The summed E-state index contributed by atoms with van der Waals surface area (Å²) in [6, 6.07) is 16.4. The predicted molar refractivity (Wildman–Crippen MR) is 234 cm³/mol. The summed E-state index contributed by atoms with van der Waals surface area (Å²) in [6.45, 7) is 10.3. The molecule has 4 aliphatic rings. The third kappa shape index (κ3) is 9.77. The van der Waals surface area contributed by atoms with E-state index in [1.807, 2.05) is 43.9 Å². The SMILES string of the molecule is C=CCO[C@@]12Oc3ccc(Oc4ccc(OC)c(C=O)c4)cc3[C@H]3[C@H](CCCCO)[C@@H](CCCCO)C=C(C(=NOC(C)(C)C)C[C@@H]1N(Cc1ccc(F)cc1)C(=O)C1CC1)[C@H]32. The number of carbonyl (C=O) groups excluding carboxylic acids is 2. The molecule has 3 aromatic rings. The van der Waals surface area contributed by atoms with Gasteiger partial charge in [0, 0.05) is 43.6 Å². The number of ether oxygens (including phenoxy) is 4. The summed E-state index contributed by atoms with van der Waals surface area (Å²) in [5.41, 5.74) is 3.03. The number of aldehydes is 1. The zero-order valence-electron chi connectivity index (χ0n) is 36.4. The molecule has 1 amide bonds. The molecule has 332 valence electrons. The van der Waals surface area contributed by atoms with Gasteiger partial charge in [-0.2, -0.15) is 0 Å². The molecule has 7 rings (SSSR count). The van der Waals surface area contributed by atoms with Gasteiger partial charge in [0.25, 0.3) is 0 Å². The van der Waals surface area contributed by atoms with Gasteiger partial charge in [-0.15, -0.1) is 6.58 Å². The smallest absolute Gasteiger partial charge is 0.239 e. The summed E-state index contributed by atoms with van der Waals surface area (Å²) in [4.78, 5) is 34.8. The van der Waals surface area contributed by atoms with Gasteiger partial charge in [0.2, 0.25) is 11.7 Å². The number of benzene rings is 3. The second-order valence-corrected chi connectivity index (χ2v) is 18.0. The monoisotopic (exact) mass is 852 g/mol. The summed E-state index contributed by atoms with van der Waals surface area (Å²) >= 11 is 0. The number of fused-ring (bicyclic) bond motifs is 2. The Labute approximate surface area is 364 Å². The van der Waals surface area contributed by atoms with Crippen LogP contribution in [0, 0.1) is 29.5 Å². The average Bonchev–Trinajstić information content (AvgIpc) is 4.12. The van der Waals surface area contributed by atoms with Crippen molar-refractivity contribution >= 4 is 17.9 Å². The van der Waals surface area contributed by atoms with E-state index in [2.05, 4.69) is 12.7 Å². The van der Waals surface area contributed by atoms with Crippen molar-refractivity contribution in [3.8, 4) is 23.0 Å². The van der Waals surface area contributed by atoms with Gasteiger partial charge < -0.3 is 38.9 Å². The van der Waals surface area contributed by atoms with Crippen LogP contribution in [0.5, 0.6) is 23.0 Å². The van der Waals surface area contributed by atoms with Crippen LogP contribution in [0.2, 0.25) is 0 Å². The Balaban J connectivity index is 1.46. The quantitative estimate of drug-likeness (QED) is 0.0493. The van der Waals surface area contributed by atoms with Crippen LogP contribution in [-0.2, 0) is 20.9 Å². The highest BCUT2D eigenvalue weighted by atomic mass is 19.1. The molecule has 0 bridgehead atoms. The Kier molecular flexibility index (Phi) is 14.2. The highest BCUT2D eigenvalue weighted by Crippen LogP contribution is 2.62. The lowest BCUT2D eigenvalue weighted by atomic mass is 9.55. The van der Waals surface area contributed by atoms with E-state index >= 15 is 0 Å². The number of oxime groups is 1. The number of hydrogen-bond donors (Lipinski definition) is 2. The molecule has 0 aromatic heterocycles. The third-order valence-electron chi connectivity index (χ3n) is 12.5. The van der Waals surface area contributed by atoms with Crippen molar-refractivity contribution in [3.05, 3.63) is 107 Å². The standard InChI is InChI=1S/C50H61FN2O9/c1-6-25-59-50-45(53(48(57)33-15-16-33)30-32-13-17-36(51)18-14-32)29-42(52-62-49(2,3)4)40-27-34(11-7-9-23-54)39(12-8-10-24-55)46(47(40)50)41-28-38(20-22-44(41)61-50)60-37-19-21-43(58-5)35(26-37)31-56/h6,13-14,17-22,26-28,31,33-34,39,45-47,54-55H,1,7-12,15-16,23-25,29-30H2,2-5H3/t34-,39+,45-,46+,47+,50+/m0/s1. The van der Waals surface area contributed by atoms with Gasteiger partial charge in [-0.05, 0) is 131 Å². The Morgan fingerprint density at radius 3 is 2.37 bits per heavy atom. The van der Waals surface area contributed by atoms with E-state index < -0.39 is 23.3 Å². The van der Waals surface area contributed by atoms with E-state index in [1.165, 1.54) is 19.2 Å². The number of halogens is 1. The van der Waals surface area contributed by atoms with E-state index in [0.29, 0.717) is 47.1 Å². The van der Waals surface area contributed by atoms with Crippen LogP contribution in [0.25, 0.3) is 0 Å². The topological polar surface area (TPSA) is 136 Å². The fraction of sp³-hybridized carbons (Fsp3) is 0.500. The molecule has 0 saturated heterocycles. The van der Waals surface area contributed by atoms with Crippen molar-refractivity contribution in [1.82, 2.24) is 4.90 Å². The highest BCUT2D eigenvalue weighted by molar-refractivity contribution is 6.03. The molecular weight excluding hydrogens is 792 g/mol. The molecular formula is C50H61FN2O9. The molecule has 12 heteroatoms. The maximum atomic E-state index is 14.8. The maximum Gasteiger partial charge on any atom is 0.239 e. The molecule has 2 N–H and O–H groups in total. The summed E-state index contributed by atoms with van der Waals surface area (Å²) in [7, 11) is 1.51. The predicted octanol–water partition coefficient (Wildman–Crippen LogP) is 9.31. The average molecular weight is 853 g/mol. The minimum Gasteiger partial charge on any atom is -0.496 e. The fourth-order valence-electron chi connectivity index (χ4n) is 9.60. The number of aliphatic hydroxyl groups is 2. The Bertz CT molecular complexity index is 2130. The highest BCUT2D eigenvalue weighted by Gasteiger charge is 2.66. The molecule has 62 heavy (non-hydrogen) atoms. The van der Waals surface area contributed by atoms with E-state index in [4.69, 9.17) is 28.9 Å². The zero-order chi connectivity index (χ0) is 44.0. The lowest BCUT2D eigenvalue weighted by Gasteiger charge is -2.60. The summed E-state index contributed by atoms with van der Waals surface area (Å²) in [5.74, 6) is -0.684. The minimum absolute atomic E-state index is 0.00877. The van der Waals surface area contributed by atoms with E-state index in [1.54, 1.807) is 36.4 Å². The number of carbonyl (C=O) groups is 2. The first-order chi connectivity index (χ1) is 29.9. The van der Waals surface area contributed by atoms with Crippen molar-refractivity contribution in [2.45, 2.75) is 108 Å². The molecule has 1 aliphatic heterocycles. The Hall–Kier alpha value is -5.04. The first kappa shape index (κ1) is 45.0. The van der Waals surface area contributed by atoms with Crippen LogP contribution in [0.3, 0.4) is 0 Å². The number of amides is 1.